The van der Waals surface area contributed by atoms with E-state index in [4.69, 9.17) is 5.73 Å². The second-order valence-electron chi connectivity index (χ2n) is 6.90. The summed E-state index contributed by atoms with van der Waals surface area (Å²) in [5.74, 6) is 0.858. The number of rotatable bonds is 4. The molecule has 2 fully saturated rings. The fourth-order valence-corrected chi connectivity index (χ4v) is 3.80. The van der Waals surface area contributed by atoms with Crippen LogP contribution in [0, 0.1) is 5.92 Å². The molecule has 4 heteroatoms. The van der Waals surface area contributed by atoms with Crippen molar-refractivity contribution in [3.63, 3.8) is 0 Å². The Morgan fingerprint density at radius 1 is 1.16 bits per heavy atom. The Morgan fingerprint density at radius 3 is 2.42 bits per heavy atom. The standard InChI is InChI=1S/C15H32N4/c1-17-9-5-14(6-10-17)11-19(3)15(12-16)7-4-8-18(2)13-15/h14H,4-13,16H2,1-3H3. The Labute approximate surface area is 118 Å². The summed E-state index contributed by atoms with van der Waals surface area (Å²) in [5, 5.41) is 0. The Kier molecular flexibility index (Phi) is 5.23. The van der Waals surface area contributed by atoms with Gasteiger partial charge in [-0.25, -0.2) is 0 Å². The van der Waals surface area contributed by atoms with E-state index in [1.807, 2.05) is 0 Å². The van der Waals surface area contributed by atoms with Gasteiger partial charge >= 0.3 is 0 Å². The maximum absolute atomic E-state index is 6.15. The van der Waals surface area contributed by atoms with Crippen LogP contribution >= 0.6 is 0 Å². The van der Waals surface area contributed by atoms with Crippen molar-refractivity contribution >= 4 is 0 Å². The summed E-state index contributed by atoms with van der Waals surface area (Å²) in [6.45, 7) is 6.89. The number of likely N-dealkylation sites (tertiary alicyclic amines) is 2. The molecule has 1 atom stereocenters. The molecule has 0 radical (unpaired) electrons. The predicted molar refractivity (Wildman–Crippen MR) is 81.4 cm³/mol. The third kappa shape index (κ3) is 3.69. The Balaban J connectivity index is 1.91. The highest BCUT2D eigenvalue weighted by Crippen LogP contribution is 2.27. The van der Waals surface area contributed by atoms with Crippen LogP contribution in [0.4, 0.5) is 0 Å². The topological polar surface area (TPSA) is 35.7 Å². The number of hydrogen-bond acceptors (Lipinski definition) is 4. The van der Waals surface area contributed by atoms with Gasteiger partial charge in [-0.1, -0.05) is 0 Å². The van der Waals surface area contributed by atoms with E-state index >= 15 is 0 Å². The molecular weight excluding hydrogens is 236 g/mol. The van der Waals surface area contributed by atoms with Gasteiger partial charge in [0.05, 0.1) is 0 Å². The van der Waals surface area contributed by atoms with Crippen LogP contribution in [-0.4, -0.2) is 80.7 Å². The van der Waals surface area contributed by atoms with Gasteiger partial charge in [0.2, 0.25) is 0 Å². The molecule has 0 saturated carbocycles. The van der Waals surface area contributed by atoms with Crippen LogP contribution in [0.3, 0.4) is 0 Å². The molecule has 4 nitrogen and oxygen atoms in total. The molecular formula is C15H32N4. The van der Waals surface area contributed by atoms with Crippen LogP contribution in [0.15, 0.2) is 0 Å². The number of nitrogens with two attached hydrogens (primary N) is 1. The first kappa shape index (κ1) is 15.2. The molecule has 2 aliphatic rings. The van der Waals surface area contributed by atoms with Crippen molar-refractivity contribution in [3.8, 4) is 0 Å². The summed E-state index contributed by atoms with van der Waals surface area (Å²) in [7, 11) is 6.76. The number of hydrogen-bond donors (Lipinski definition) is 1. The molecule has 2 rings (SSSR count). The molecule has 2 heterocycles. The molecule has 0 spiro atoms. The van der Waals surface area contributed by atoms with E-state index < -0.39 is 0 Å². The van der Waals surface area contributed by atoms with Crippen molar-refractivity contribution in [1.82, 2.24) is 14.7 Å². The average Bonchev–Trinajstić information content (AvgIpc) is 2.41. The average molecular weight is 268 g/mol. The van der Waals surface area contributed by atoms with Crippen LogP contribution < -0.4 is 5.73 Å². The first-order chi connectivity index (χ1) is 9.05. The van der Waals surface area contributed by atoms with E-state index in [2.05, 4.69) is 35.8 Å². The maximum Gasteiger partial charge on any atom is 0.0455 e. The number of piperidine rings is 2. The molecule has 2 N–H and O–H groups in total. The summed E-state index contributed by atoms with van der Waals surface area (Å²) in [6.07, 6.45) is 5.23. The van der Waals surface area contributed by atoms with Gasteiger partial charge in [-0.15, -0.1) is 0 Å². The van der Waals surface area contributed by atoms with Gasteiger partial charge in [0, 0.05) is 25.2 Å². The second-order valence-corrected chi connectivity index (χ2v) is 6.90. The SMILES string of the molecule is CN1CCC(CN(C)C2(CN)CCCN(C)C2)CC1. The minimum Gasteiger partial charge on any atom is -0.329 e. The lowest BCUT2D eigenvalue weighted by molar-refractivity contribution is 0.0270. The number of likely N-dealkylation sites (N-methyl/N-ethyl adjacent to an activating group) is 2. The van der Waals surface area contributed by atoms with Gasteiger partial charge in [-0.3, -0.25) is 4.90 Å². The summed E-state index contributed by atoms with van der Waals surface area (Å²) in [5.41, 5.74) is 6.37. The summed E-state index contributed by atoms with van der Waals surface area (Å²) in [4.78, 5) is 7.48. The van der Waals surface area contributed by atoms with Gasteiger partial charge in [-0.2, -0.15) is 0 Å². The molecule has 112 valence electrons. The highest BCUT2D eigenvalue weighted by Gasteiger charge is 2.37. The Morgan fingerprint density at radius 2 is 1.84 bits per heavy atom. The van der Waals surface area contributed by atoms with Crippen molar-refractivity contribution < 1.29 is 0 Å². The normalized spacial score (nSPS) is 32.1. The smallest absolute Gasteiger partial charge is 0.0455 e. The zero-order chi connectivity index (χ0) is 13.9. The van der Waals surface area contributed by atoms with Crippen LogP contribution in [0.1, 0.15) is 25.7 Å². The van der Waals surface area contributed by atoms with Crippen LogP contribution in [0.25, 0.3) is 0 Å². The van der Waals surface area contributed by atoms with Gasteiger partial charge < -0.3 is 15.5 Å². The first-order valence-electron chi connectivity index (χ1n) is 7.84. The van der Waals surface area contributed by atoms with Gasteiger partial charge in [0.25, 0.3) is 0 Å². The monoisotopic (exact) mass is 268 g/mol. The van der Waals surface area contributed by atoms with Gasteiger partial charge in [0.1, 0.15) is 0 Å². The lowest BCUT2D eigenvalue weighted by Crippen LogP contribution is -2.61. The molecule has 2 saturated heterocycles. The summed E-state index contributed by atoms with van der Waals surface area (Å²) in [6, 6.07) is 0. The number of nitrogens with zero attached hydrogens (tertiary/aromatic N) is 3. The highest BCUT2D eigenvalue weighted by molar-refractivity contribution is 4.96. The Hall–Kier alpha value is -0.160. The fraction of sp³-hybridized carbons (Fsp3) is 1.00. The first-order valence-corrected chi connectivity index (χ1v) is 7.84. The molecule has 1 unspecified atom stereocenters. The Bertz CT molecular complexity index is 275. The van der Waals surface area contributed by atoms with Crippen molar-refractivity contribution in [2.24, 2.45) is 11.7 Å². The quantitative estimate of drug-likeness (QED) is 0.813. The van der Waals surface area contributed by atoms with E-state index in [1.54, 1.807) is 0 Å². The molecule has 19 heavy (non-hydrogen) atoms. The molecule has 0 aromatic carbocycles. The molecule has 0 aliphatic carbocycles. The van der Waals surface area contributed by atoms with E-state index in [-0.39, 0.29) is 5.54 Å². The zero-order valence-corrected chi connectivity index (χ0v) is 13.1. The van der Waals surface area contributed by atoms with Crippen LogP contribution in [0.2, 0.25) is 0 Å². The van der Waals surface area contributed by atoms with Crippen molar-refractivity contribution in [1.29, 1.82) is 0 Å². The third-order valence-corrected chi connectivity index (χ3v) is 5.31. The maximum atomic E-state index is 6.15. The minimum absolute atomic E-state index is 0.219. The molecule has 0 bridgehead atoms. The fourth-order valence-electron chi connectivity index (χ4n) is 3.80. The highest BCUT2D eigenvalue weighted by atomic mass is 15.3. The summed E-state index contributed by atoms with van der Waals surface area (Å²) < 4.78 is 0. The van der Waals surface area contributed by atoms with Crippen LogP contribution in [-0.2, 0) is 0 Å². The molecule has 0 aromatic rings. The van der Waals surface area contributed by atoms with Gasteiger partial charge in [-0.05, 0) is 72.4 Å². The van der Waals surface area contributed by atoms with Crippen molar-refractivity contribution in [3.05, 3.63) is 0 Å². The van der Waals surface area contributed by atoms with Crippen LogP contribution in [0.5, 0.6) is 0 Å². The van der Waals surface area contributed by atoms with Gasteiger partial charge in [0.15, 0.2) is 0 Å². The zero-order valence-electron chi connectivity index (χ0n) is 13.1. The minimum atomic E-state index is 0.219. The predicted octanol–water partition coefficient (Wildman–Crippen LogP) is 0.683. The summed E-state index contributed by atoms with van der Waals surface area (Å²) >= 11 is 0. The largest absolute Gasteiger partial charge is 0.329 e. The van der Waals surface area contributed by atoms with E-state index in [0.717, 1.165) is 19.0 Å². The van der Waals surface area contributed by atoms with E-state index in [9.17, 15) is 0 Å². The lowest BCUT2D eigenvalue weighted by atomic mass is 9.86. The molecule has 0 amide bonds. The lowest BCUT2D eigenvalue weighted by Gasteiger charge is -2.48. The second kappa shape index (κ2) is 6.53. The third-order valence-electron chi connectivity index (χ3n) is 5.31. The van der Waals surface area contributed by atoms with Crippen molar-refractivity contribution in [2.75, 3.05) is 60.4 Å². The molecule has 2 aliphatic heterocycles. The van der Waals surface area contributed by atoms with Crippen molar-refractivity contribution in [2.45, 2.75) is 31.2 Å². The molecule has 0 aromatic heterocycles. The van der Waals surface area contributed by atoms with E-state index in [1.165, 1.54) is 51.9 Å². The van der Waals surface area contributed by atoms with E-state index in [0.29, 0.717) is 0 Å².